The van der Waals surface area contributed by atoms with E-state index in [1.165, 1.54) is 12.1 Å². The summed E-state index contributed by atoms with van der Waals surface area (Å²) in [5.41, 5.74) is 8.18. The van der Waals surface area contributed by atoms with Crippen LogP contribution in [0.2, 0.25) is 0 Å². The van der Waals surface area contributed by atoms with Crippen LogP contribution in [0.25, 0.3) is 10.9 Å². The van der Waals surface area contributed by atoms with Gasteiger partial charge in [0.05, 0.1) is 22.5 Å². The maximum atomic E-state index is 13.5. The van der Waals surface area contributed by atoms with Gasteiger partial charge in [-0.25, -0.2) is 4.39 Å². The molecule has 29 heavy (non-hydrogen) atoms. The number of benzene rings is 1. The Morgan fingerprint density at radius 1 is 1.21 bits per heavy atom. The van der Waals surface area contributed by atoms with Crippen molar-refractivity contribution in [3.8, 4) is 0 Å². The van der Waals surface area contributed by atoms with Crippen LogP contribution in [-0.4, -0.2) is 39.9 Å². The van der Waals surface area contributed by atoms with E-state index in [1.54, 1.807) is 30.9 Å². The van der Waals surface area contributed by atoms with Crippen LogP contribution in [-0.2, 0) is 0 Å². The summed E-state index contributed by atoms with van der Waals surface area (Å²) < 4.78 is 18.6. The molecule has 0 atom stereocenters. The fourth-order valence-corrected chi connectivity index (χ4v) is 3.97. The summed E-state index contributed by atoms with van der Waals surface area (Å²) in [5, 5.41) is 4.39. The highest BCUT2D eigenvalue weighted by Gasteiger charge is 2.30. The normalized spacial score (nSPS) is 15.1. The van der Waals surface area contributed by atoms with Gasteiger partial charge in [-0.05, 0) is 51.0 Å². The van der Waals surface area contributed by atoms with Gasteiger partial charge in [-0.15, -0.1) is 0 Å². The lowest BCUT2D eigenvalue weighted by molar-refractivity contribution is 0.0708. The van der Waals surface area contributed by atoms with Crippen molar-refractivity contribution in [1.82, 2.24) is 15.0 Å². The lowest BCUT2D eigenvalue weighted by atomic mass is 9.89. The number of carbonyl (C=O) groups excluding carboxylic acids is 2. The van der Waals surface area contributed by atoms with Crippen molar-refractivity contribution in [3.05, 3.63) is 58.4 Å². The predicted octanol–water partition coefficient (Wildman–Crippen LogP) is 3.10. The van der Waals surface area contributed by atoms with Gasteiger partial charge in [-0.2, -0.15) is 0 Å². The number of halogens is 1. The van der Waals surface area contributed by atoms with Gasteiger partial charge in [0.15, 0.2) is 0 Å². The molecule has 1 aromatic carbocycles. The fraction of sp³-hybridized carbons (Fsp3) is 0.333. The average molecular weight is 396 g/mol. The number of hydrogen-bond donors (Lipinski definition) is 1. The molecule has 1 aliphatic rings. The minimum atomic E-state index is -0.590. The summed E-state index contributed by atoms with van der Waals surface area (Å²) in [6.07, 6.45) is 1.30. The molecule has 1 aliphatic heterocycles. The first-order valence-electron chi connectivity index (χ1n) is 9.47. The number of carbonyl (C=O) groups is 2. The second-order valence-corrected chi connectivity index (χ2v) is 7.39. The zero-order valence-electron chi connectivity index (χ0n) is 16.2. The third-order valence-corrected chi connectivity index (χ3v) is 5.49. The van der Waals surface area contributed by atoms with Gasteiger partial charge in [0.25, 0.3) is 11.8 Å². The smallest absolute Gasteiger partial charge is 0.259 e. The number of piperidine rings is 1. The molecule has 2 aromatic heterocycles. The Morgan fingerprint density at radius 2 is 1.93 bits per heavy atom. The van der Waals surface area contributed by atoms with Gasteiger partial charge >= 0.3 is 0 Å². The SMILES string of the molecule is Cc1noc(C)c1C(=O)N1CCC(c2nc3ccc(F)cc3cc2C(N)=O)CC1. The molecule has 2 N–H and O–H groups in total. The fourth-order valence-electron chi connectivity index (χ4n) is 3.97. The van der Waals surface area contributed by atoms with Crippen LogP contribution in [0.3, 0.4) is 0 Å². The number of pyridine rings is 1. The van der Waals surface area contributed by atoms with Crippen LogP contribution < -0.4 is 5.73 Å². The van der Waals surface area contributed by atoms with E-state index < -0.39 is 11.7 Å². The van der Waals surface area contributed by atoms with Crippen LogP contribution in [0.15, 0.2) is 28.8 Å². The lowest BCUT2D eigenvalue weighted by Crippen LogP contribution is -2.38. The molecule has 8 heteroatoms. The molecule has 1 fully saturated rings. The first-order chi connectivity index (χ1) is 13.8. The van der Waals surface area contributed by atoms with E-state index in [1.807, 2.05) is 0 Å². The van der Waals surface area contributed by atoms with Crippen LogP contribution in [0.4, 0.5) is 4.39 Å². The Balaban J connectivity index is 1.59. The second-order valence-electron chi connectivity index (χ2n) is 7.39. The topological polar surface area (TPSA) is 102 Å². The van der Waals surface area contributed by atoms with Crippen molar-refractivity contribution in [3.63, 3.8) is 0 Å². The van der Waals surface area contributed by atoms with E-state index >= 15 is 0 Å². The van der Waals surface area contributed by atoms with Gasteiger partial charge in [0.2, 0.25) is 0 Å². The number of aromatic nitrogens is 2. The molecule has 7 nitrogen and oxygen atoms in total. The Bertz CT molecular complexity index is 1100. The van der Waals surface area contributed by atoms with E-state index in [0.717, 1.165) is 0 Å². The van der Waals surface area contributed by atoms with Gasteiger partial charge < -0.3 is 15.2 Å². The van der Waals surface area contributed by atoms with Gasteiger partial charge in [-0.1, -0.05) is 5.16 Å². The lowest BCUT2D eigenvalue weighted by Gasteiger charge is -2.32. The number of aryl methyl sites for hydroxylation is 2. The standard InChI is InChI=1S/C21H21FN4O3/c1-11-18(12(2)29-25-11)21(28)26-7-5-13(6-8-26)19-16(20(23)27)10-14-9-15(22)3-4-17(14)24-19/h3-4,9-10,13H,5-8H2,1-2H3,(H2,23,27). The highest BCUT2D eigenvalue weighted by atomic mass is 19.1. The molecule has 0 aliphatic carbocycles. The molecule has 3 heterocycles. The van der Waals surface area contributed by atoms with Crippen molar-refractivity contribution in [2.24, 2.45) is 5.73 Å². The molecule has 3 aromatic rings. The molecule has 0 radical (unpaired) electrons. The quantitative estimate of drug-likeness (QED) is 0.733. The maximum absolute atomic E-state index is 13.5. The third kappa shape index (κ3) is 3.46. The second kappa shape index (κ2) is 7.27. The van der Waals surface area contributed by atoms with Crippen LogP contribution in [0, 0.1) is 19.7 Å². The molecule has 1 saturated heterocycles. The van der Waals surface area contributed by atoms with E-state index in [0.29, 0.717) is 65.1 Å². The number of nitrogens with two attached hydrogens (primary N) is 1. The van der Waals surface area contributed by atoms with Gasteiger partial charge in [0.1, 0.15) is 17.1 Å². The third-order valence-electron chi connectivity index (χ3n) is 5.49. The molecule has 150 valence electrons. The highest BCUT2D eigenvalue weighted by molar-refractivity contribution is 5.98. The van der Waals surface area contributed by atoms with E-state index in [9.17, 15) is 14.0 Å². The number of fused-ring (bicyclic) bond motifs is 1. The summed E-state index contributed by atoms with van der Waals surface area (Å²) in [6, 6.07) is 5.87. The van der Waals surface area contributed by atoms with Crippen LogP contribution >= 0.6 is 0 Å². The number of hydrogen-bond acceptors (Lipinski definition) is 5. The highest BCUT2D eigenvalue weighted by Crippen LogP contribution is 2.32. The van der Waals surface area contributed by atoms with Crippen molar-refractivity contribution in [2.45, 2.75) is 32.6 Å². The van der Waals surface area contributed by atoms with E-state index in [-0.39, 0.29) is 11.8 Å². The predicted molar refractivity (Wildman–Crippen MR) is 104 cm³/mol. The molecule has 2 amide bonds. The zero-order chi connectivity index (χ0) is 20.7. The Labute approximate surface area is 166 Å². The molecule has 4 rings (SSSR count). The summed E-state index contributed by atoms with van der Waals surface area (Å²) in [5.74, 6) is -0.590. The molecule has 0 bridgehead atoms. The first-order valence-corrected chi connectivity index (χ1v) is 9.47. The number of amides is 2. The molecular weight excluding hydrogens is 375 g/mol. The minimum absolute atomic E-state index is 0.0133. The number of likely N-dealkylation sites (tertiary alicyclic amines) is 1. The Morgan fingerprint density at radius 3 is 2.55 bits per heavy atom. The number of rotatable bonds is 3. The molecular formula is C21H21FN4O3. The molecule has 0 saturated carbocycles. The number of nitrogens with zero attached hydrogens (tertiary/aromatic N) is 3. The summed E-state index contributed by atoms with van der Waals surface area (Å²) in [4.78, 5) is 31.2. The summed E-state index contributed by atoms with van der Waals surface area (Å²) in [6.45, 7) is 4.52. The van der Waals surface area contributed by atoms with E-state index in [2.05, 4.69) is 10.1 Å². The molecule has 0 unspecified atom stereocenters. The van der Waals surface area contributed by atoms with Crippen molar-refractivity contribution >= 4 is 22.7 Å². The number of primary amides is 1. The Kier molecular flexibility index (Phi) is 4.77. The average Bonchev–Trinajstić information content (AvgIpc) is 3.04. The van der Waals surface area contributed by atoms with E-state index in [4.69, 9.17) is 10.3 Å². The molecule has 0 spiro atoms. The van der Waals surface area contributed by atoms with Gasteiger partial charge in [0, 0.05) is 24.4 Å². The van der Waals surface area contributed by atoms with Crippen molar-refractivity contribution in [2.75, 3.05) is 13.1 Å². The summed E-state index contributed by atoms with van der Waals surface area (Å²) in [7, 11) is 0. The maximum Gasteiger partial charge on any atom is 0.259 e. The minimum Gasteiger partial charge on any atom is -0.366 e. The van der Waals surface area contributed by atoms with Crippen molar-refractivity contribution < 1.29 is 18.5 Å². The zero-order valence-corrected chi connectivity index (χ0v) is 16.2. The van der Waals surface area contributed by atoms with Gasteiger partial charge in [-0.3, -0.25) is 14.6 Å². The first kappa shape index (κ1) is 19.0. The van der Waals surface area contributed by atoms with Crippen LogP contribution in [0.1, 0.15) is 56.6 Å². The van der Waals surface area contributed by atoms with Crippen molar-refractivity contribution in [1.29, 1.82) is 0 Å². The monoisotopic (exact) mass is 396 g/mol. The largest absolute Gasteiger partial charge is 0.366 e. The van der Waals surface area contributed by atoms with Crippen LogP contribution in [0.5, 0.6) is 0 Å². The Hall–Kier alpha value is -3.29. The summed E-state index contributed by atoms with van der Waals surface area (Å²) >= 11 is 0.